The molecule has 3 amide bonds. The molecule has 44 heavy (non-hydrogen) atoms. The van der Waals surface area contributed by atoms with Gasteiger partial charge in [0.15, 0.2) is 11.5 Å². The summed E-state index contributed by atoms with van der Waals surface area (Å²) in [6.45, 7) is 5.73. The summed E-state index contributed by atoms with van der Waals surface area (Å²) in [7, 11) is 3.52. The largest absolute Gasteiger partial charge is 0.354 e. The zero-order chi connectivity index (χ0) is 31.1. The Bertz CT molecular complexity index is 1510. The van der Waals surface area contributed by atoms with Crippen LogP contribution in [0.2, 0.25) is 0 Å². The van der Waals surface area contributed by atoms with E-state index in [1.54, 1.807) is 31.4 Å². The Morgan fingerprint density at radius 2 is 1.91 bits per heavy atom. The van der Waals surface area contributed by atoms with Crippen LogP contribution in [0.25, 0.3) is 0 Å². The molecule has 5 aliphatic rings. The van der Waals surface area contributed by atoms with Crippen LogP contribution in [-0.2, 0) is 22.2 Å². The third-order valence-electron chi connectivity index (χ3n) is 12.4. The van der Waals surface area contributed by atoms with Gasteiger partial charge in [-0.25, -0.2) is 13.7 Å². The average Bonchev–Trinajstić information content (AvgIpc) is 3.27. The number of hydrogen-bond donors (Lipinski definition) is 3. The van der Waals surface area contributed by atoms with Gasteiger partial charge in [0.25, 0.3) is 5.91 Å². The van der Waals surface area contributed by atoms with Crippen LogP contribution < -0.4 is 20.4 Å². The molecule has 5 unspecified atom stereocenters. The second-order valence-electron chi connectivity index (χ2n) is 15.1. The van der Waals surface area contributed by atoms with Crippen LogP contribution >= 0.6 is 0 Å². The number of nitrogens with one attached hydrogen (secondary N) is 3. The monoisotopic (exact) mass is 605 g/mol. The summed E-state index contributed by atoms with van der Waals surface area (Å²) in [6.07, 6.45) is 10.4. The number of carbonyl (C=O) groups is 3. The maximum absolute atomic E-state index is 16.1. The molecule has 5 fully saturated rings. The number of aromatic nitrogens is 2. The first-order valence-corrected chi connectivity index (χ1v) is 16.5. The van der Waals surface area contributed by atoms with Gasteiger partial charge in [0.2, 0.25) is 5.91 Å². The Labute approximate surface area is 258 Å². The first-order chi connectivity index (χ1) is 20.9. The van der Waals surface area contributed by atoms with Crippen molar-refractivity contribution in [1.29, 1.82) is 0 Å². The summed E-state index contributed by atoms with van der Waals surface area (Å²) in [4.78, 5) is 42.2. The van der Waals surface area contributed by atoms with E-state index in [9.17, 15) is 14.4 Å². The molecule has 1 aromatic carbocycles. The second-order valence-corrected chi connectivity index (χ2v) is 15.1. The average molecular weight is 606 g/mol. The SMILES string of the molecule is Cn1nccc1C(=O)N[C@@H]1C(=O)[N+](C)(c2cc(C3(C(=O)NCC4(C)CCC4)CCCN3)ccc2F)C2CC2(C)C1C1CCC1. The van der Waals surface area contributed by atoms with Crippen LogP contribution in [0.1, 0.15) is 87.7 Å². The summed E-state index contributed by atoms with van der Waals surface area (Å²) < 4.78 is 17.3. The highest BCUT2D eigenvalue weighted by Crippen LogP contribution is 2.66. The van der Waals surface area contributed by atoms with Crippen molar-refractivity contribution in [2.24, 2.45) is 29.7 Å². The van der Waals surface area contributed by atoms with Crippen molar-refractivity contribution < 1.29 is 18.8 Å². The number of quaternary nitrogens is 1. The Morgan fingerprint density at radius 1 is 1.14 bits per heavy atom. The third-order valence-corrected chi connectivity index (χ3v) is 12.4. The fourth-order valence-corrected chi connectivity index (χ4v) is 9.18. The van der Waals surface area contributed by atoms with Gasteiger partial charge in [0.05, 0.1) is 7.05 Å². The van der Waals surface area contributed by atoms with E-state index in [2.05, 4.69) is 34.9 Å². The number of nitrogens with zero attached hydrogens (tertiary/aromatic N) is 3. The number of fused-ring (bicyclic) bond motifs is 1. The van der Waals surface area contributed by atoms with Crippen LogP contribution in [0.4, 0.5) is 10.1 Å². The molecule has 2 saturated heterocycles. The second kappa shape index (κ2) is 10.2. The van der Waals surface area contributed by atoms with Gasteiger partial charge in [-0.05, 0) is 61.3 Å². The van der Waals surface area contributed by atoms with Crippen molar-refractivity contribution in [3.05, 3.63) is 47.5 Å². The number of aryl methyl sites for hydroxylation is 1. The van der Waals surface area contributed by atoms with Gasteiger partial charge < -0.3 is 10.6 Å². The van der Waals surface area contributed by atoms with Crippen molar-refractivity contribution in [3.8, 4) is 0 Å². The molecule has 3 saturated carbocycles. The van der Waals surface area contributed by atoms with Gasteiger partial charge in [-0.15, -0.1) is 0 Å². The zero-order valence-electron chi connectivity index (χ0n) is 26.4. The molecule has 7 rings (SSSR count). The standard InChI is InChI=1S/C34H45FN6O3/c1-32(13-6-14-32)20-36-31(44)34(15-7-16-37-34)22-10-11-23(35)25(18-22)41(4)26-19-33(26,2)27(21-8-5-9-21)28(30(41)43)39-29(42)24-12-17-38-40(24)3/h10-12,17-18,21,26-28,37H,5-9,13-16,19-20H2,1-4H3,(H-,36,39,42,44)/p+1/t26?,27?,28-,33?,34?,41?/m0/s1. The molecule has 0 bridgehead atoms. The molecular formula is C34H46FN6O3+. The summed E-state index contributed by atoms with van der Waals surface area (Å²) in [6, 6.07) is 5.67. The molecule has 2 aliphatic heterocycles. The molecule has 6 atom stereocenters. The molecule has 3 N–H and O–H groups in total. The smallest absolute Gasteiger partial charge is 0.341 e. The lowest BCUT2D eigenvalue weighted by Crippen LogP contribution is -2.70. The number of likely N-dealkylation sites (tertiary alicyclic amines) is 1. The van der Waals surface area contributed by atoms with E-state index in [1.807, 2.05) is 7.05 Å². The topological polar surface area (TPSA) is 105 Å². The predicted molar refractivity (Wildman–Crippen MR) is 165 cm³/mol. The molecule has 3 heterocycles. The molecule has 2 aromatic rings. The van der Waals surface area contributed by atoms with Gasteiger partial charge in [0, 0.05) is 43.6 Å². The zero-order valence-corrected chi connectivity index (χ0v) is 26.4. The number of piperidine rings is 1. The van der Waals surface area contributed by atoms with Crippen molar-refractivity contribution in [1.82, 2.24) is 30.2 Å². The minimum absolute atomic E-state index is 0.00939. The molecule has 0 spiro atoms. The maximum atomic E-state index is 16.1. The first kappa shape index (κ1) is 29.6. The van der Waals surface area contributed by atoms with Gasteiger partial charge in [-0.2, -0.15) is 5.10 Å². The number of benzene rings is 1. The fourth-order valence-electron chi connectivity index (χ4n) is 9.18. The number of likely N-dealkylation sites (N-methyl/N-ethyl adjacent to an activating group) is 1. The number of hydrogen-bond acceptors (Lipinski definition) is 5. The summed E-state index contributed by atoms with van der Waals surface area (Å²) in [5.74, 6) is -0.747. The third kappa shape index (κ3) is 4.30. The summed E-state index contributed by atoms with van der Waals surface area (Å²) in [5.41, 5.74) is 0.277. The van der Waals surface area contributed by atoms with Gasteiger partial charge >= 0.3 is 5.91 Å². The predicted octanol–water partition coefficient (Wildman–Crippen LogP) is 3.92. The fraction of sp³-hybridized carbons (Fsp3) is 0.647. The Kier molecular flexibility index (Phi) is 6.86. The Morgan fingerprint density at radius 3 is 2.50 bits per heavy atom. The molecular weight excluding hydrogens is 559 g/mol. The lowest BCUT2D eigenvalue weighted by molar-refractivity contribution is -0.140. The minimum atomic E-state index is -0.977. The van der Waals surface area contributed by atoms with E-state index >= 15 is 4.39 Å². The number of carbonyl (C=O) groups excluding carboxylic acids is 3. The molecule has 1 aromatic heterocycles. The van der Waals surface area contributed by atoms with Gasteiger partial charge in [-0.1, -0.05) is 45.6 Å². The normalized spacial score (nSPS) is 35.8. The number of rotatable bonds is 8. The quantitative estimate of drug-likeness (QED) is 0.396. The van der Waals surface area contributed by atoms with Crippen molar-refractivity contribution >= 4 is 23.4 Å². The van der Waals surface area contributed by atoms with Crippen LogP contribution in [0.15, 0.2) is 30.5 Å². The molecule has 3 aliphatic carbocycles. The van der Waals surface area contributed by atoms with E-state index in [1.165, 1.54) is 17.2 Å². The molecule has 236 valence electrons. The maximum Gasteiger partial charge on any atom is 0.341 e. The first-order valence-electron chi connectivity index (χ1n) is 16.5. The van der Waals surface area contributed by atoms with E-state index < -0.39 is 17.4 Å². The highest BCUT2D eigenvalue weighted by Gasteiger charge is 2.76. The molecule has 0 radical (unpaired) electrons. The van der Waals surface area contributed by atoms with Crippen molar-refractivity contribution in [2.75, 3.05) is 20.1 Å². The number of amides is 3. The Balaban J connectivity index is 1.25. The van der Waals surface area contributed by atoms with Gasteiger partial charge in [0.1, 0.15) is 23.3 Å². The van der Waals surface area contributed by atoms with E-state index in [4.69, 9.17) is 0 Å². The Hall–Kier alpha value is -3.11. The van der Waals surface area contributed by atoms with E-state index in [0.29, 0.717) is 36.7 Å². The lowest BCUT2D eigenvalue weighted by Gasteiger charge is -2.49. The van der Waals surface area contributed by atoms with Gasteiger partial charge in [-0.3, -0.25) is 19.6 Å². The molecule has 9 nitrogen and oxygen atoms in total. The highest BCUT2D eigenvalue weighted by atomic mass is 19.1. The minimum Gasteiger partial charge on any atom is -0.354 e. The highest BCUT2D eigenvalue weighted by molar-refractivity contribution is 6.01. The van der Waals surface area contributed by atoms with Crippen molar-refractivity contribution in [2.45, 2.75) is 89.3 Å². The lowest BCUT2D eigenvalue weighted by atomic mass is 9.64. The summed E-state index contributed by atoms with van der Waals surface area (Å²) in [5, 5.41) is 13.9. The summed E-state index contributed by atoms with van der Waals surface area (Å²) >= 11 is 0. The van der Waals surface area contributed by atoms with Crippen LogP contribution in [-0.4, -0.2) is 59.7 Å². The van der Waals surface area contributed by atoms with Crippen LogP contribution in [0.3, 0.4) is 0 Å². The van der Waals surface area contributed by atoms with Crippen molar-refractivity contribution in [3.63, 3.8) is 0 Å². The molecule has 10 heteroatoms. The van der Waals surface area contributed by atoms with Crippen LogP contribution in [0.5, 0.6) is 0 Å². The number of halogens is 1. The van der Waals surface area contributed by atoms with E-state index in [-0.39, 0.29) is 50.7 Å². The van der Waals surface area contributed by atoms with E-state index in [0.717, 1.165) is 44.9 Å². The van der Waals surface area contributed by atoms with Crippen LogP contribution in [0, 0.1) is 28.5 Å².